The third-order valence-corrected chi connectivity index (χ3v) is 4.48. The van der Waals surface area contributed by atoms with Crippen molar-refractivity contribution in [3.8, 4) is 0 Å². The van der Waals surface area contributed by atoms with Gasteiger partial charge in [-0.25, -0.2) is 9.78 Å². The zero-order valence-electron chi connectivity index (χ0n) is 12.0. The van der Waals surface area contributed by atoms with Crippen molar-refractivity contribution in [2.75, 3.05) is 6.26 Å². The van der Waals surface area contributed by atoms with E-state index in [-0.39, 0.29) is 5.15 Å². The molecule has 0 radical (unpaired) electrons. The number of carboxylic acid groups (broad SMARTS) is 1. The van der Waals surface area contributed by atoms with E-state index in [0.29, 0.717) is 23.1 Å². The molecular formula is C15H14Cl2N2O2S. The first-order valence-electron chi connectivity index (χ1n) is 6.38. The van der Waals surface area contributed by atoms with Crippen LogP contribution in [0.5, 0.6) is 0 Å². The molecule has 0 aliphatic carbocycles. The highest BCUT2D eigenvalue weighted by molar-refractivity contribution is 7.98. The van der Waals surface area contributed by atoms with Gasteiger partial charge in [-0.05, 0) is 37.0 Å². The Hall–Kier alpha value is -1.43. The molecule has 0 saturated carbocycles. The average molecular weight is 357 g/mol. The number of hydrogen-bond acceptors (Lipinski definition) is 3. The summed E-state index contributed by atoms with van der Waals surface area (Å²) < 4.78 is 1.84. The SMILES string of the molecule is CSc1ccc(Cn2c(C)nc(Cl)c2/C=C/C(=O)O)c(Cl)c1. The van der Waals surface area contributed by atoms with Gasteiger partial charge in [0.25, 0.3) is 0 Å². The Bertz CT molecular complexity index is 741. The number of nitrogens with zero attached hydrogens (tertiary/aromatic N) is 2. The predicted molar refractivity (Wildman–Crippen MR) is 91.0 cm³/mol. The molecule has 116 valence electrons. The van der Waals surface area contributed by atoms with Gasteiger partial charge in [0.15, 0.2) is 5.15 Å². The van der Waals surface area contributed by atoms with Crippen LogP contribution in [-0.4, -0.2) is 26.9 Å². The van der Waals surface area contributed by atoms with Gasteiger partial charge in [-0.3, -0.25) is 0 Å². The summed E-state index contributed by atoms with van der Waals surface area (Å²) >= 11 is 14.0. The maximum atomic E-state index is 10.7. The van der Waals surface area contributed by atoms with Gasteiger partial charge in [-0.15, -0.1) is 11.8 Å². The van der Waals surface area contributed by atoms with Crippen LogP contribution < -0.4 is 0 Å². The zero-order chi connectivity index (χ0) is 16.3. The van der Waals surface area contributed by atoms with Gasteiger partial charge >= 0.3 is 5.97 Å². The second-order valence-corrected chi connectivity index (χ2v) is 6.19. The summed E-state index contributed by atoms with van der Waals surface area (Å²) in [5.41, 5.74) is 1.47. The van der Waals surface area contributed by atoms with Crippen molar-refractivity contribution in [3.05, 3.63) is 51.5 Å². The minimum atomic E-state index is -1.04. The molecule has 0 saturated heterocycles. The number of rotatable bonds is 5. The molecular weight excluding hydrogens is 343 g/mol. The Morgan fingerprint density at radius 3 is 2.77 bits per heavy atom. The Kier molecular flexibility index (Phi) is 5.56. The second-order valence-electron chi connectivity index (χ2n) is 4.55. The number of aromatic nitrogens is 2. The highest BCUT2D eigenvalue weighted by atomic mass is 35.5. The van der Waals surface area contributed by atoms with Crippen molar-refractivity contribution in [2.24, 2.45) is 0 Å². The first-order chi connectivity index (χ1) is 10.4. The zero-order valence-corrected chi connectivity index (χ0v) is 14.3. The van der Waals surface area contributed by atoms with Gasteiger partial charge in [0.1, 0.15) is 5.82 Å². The quantitative estimate of drug-likeness (QED) is 0.638. The van der Waals surface area contributed by atoms with Crippen LogP contribution >= 0.6 is 35.0 Å². The Labute approximate surface area is 142 Å². The molecule has 1 N–H and O–H groups in total. The average Bonchev–Trinajstić information content (AvgIpc) is 2.72. The van der Waals surface area contributed by atoms with Gasteiger partial charge in [0, 0.05) is 16.0 Å². The minimum Gasteiger partial charge on any atom is -0.478 e. The van der Waals surface area contributed by atoms with Crippen LogP contribution in [0.2, 0.25) is 10.2 Å². The van der Waals surface area contributed by atoms with Crippen molar-refractivity contribution in [2.45, 2.75) is 18.4 Å². The van der Waals surface area contributed by atoms with Crippen molar-refractivity contribution >= 4 is 47.0 Å². The molecule has 0 bridgehead atoms. The second kappa shape index (κ2) is 7.22. The summed E-state index contributed by atoms with van der Waals surface area (Å²) in [6, 6.07) is 5.85. The number of hydrogen-bond donors (Lipinski definition) is 1. The van der Waals surface area contributed by atoms with Crippen LogP contribution in [0.4, 0.5) is 0 Å². The molecule has 4 nitrogen and oxygen atoms in total. The maximum absolute atomic E-state index is 10.7. The van der Waals surface area contributed by atoms with Gasteiger partial charge in [-0.2, -0.15) is 0 Å². The van der Waals surface area contributed by atoms with E-state index >= 15 is 0 Å². The standard InChI is InChI=1S/C15H14Cl2N2O2S/c1-9-18-15(17)13(5-6-14(20)21)19(9)8-10-3-4-11(22-2)7-12(10)16/h3-7H,8H2,1-2H3,(H,20,21)/b6-5+. The van der Waals surface area contributed by atoms with E-state index in [1.54, 1.807) is 11.8 Å². The molecule has 2 aromatic rings. The Morgan fingerprint density at radius 2 is 2.18 bits per heavy atom. The lowest BCUT2D eigenvalue weighted by Crippen LogP contribution is -2.05. The molecule has 7 heteroatoms. The lowest BCUT2D eigenvalue weighted by molar-refractivity contribution is -0.131. The van der Waals surface area contributed by atoms with Crippen molar-refractivity contribution in [3.63, 3.8) is 0 Å². The van der Waals surface area contributed by atoms with Gasteiger partial charge in [0.05, 0.1) is 12.2 Å². The molecule has 0 amide bonds. The highest BCUT2D eigenvalue weighted by Crippen LogP contribution is 2.26. The Balaban J connectivity index is 2.39. The van der Waals surface area contributed by atoms with Crippen LogP contribution in [0.25, 0.3) is 6.08 Å². The summed E-state index contributed by atoms with van der Waals surface area (Å²) in [5.74, 6) is -0.344. The van der Waals surface area contributed by atoms with Crippen LogP contribution in [-0.2, 0) is 11.3 Å². The van der Waals surface area contributed by atoms with Gasteiger partial charge < -0.3 is 9.67 Å². The molecule has 0 atom stereocenters. The molecule has 0 aliphatic heterocycles. The van der Waals surface area contributed by atoms with Crippen LogP contribution in [0, 0.1) is 6.92 Å². The number of thioether (sulfide) groups is 1. The smallest absolute Gasteiger partial charge is 0.328 e. The van der Waals surface area contributed by atoms with E-state index in [0.717, 1.165) is 16.5 Å². The van der Waals surface area contributed by atoms with Gasteiger partial charge in [0.2, 0.25) is 0 Å². The topological polar surface area (TPSA) is 55.1 Å². The Morgan fingerprint density at radius 1 is 1.45 bits per heavy atom. The van der Waals surface area contributed by atoms with Crippen molar-refractivity contribution < 1.29 is 9.90 Å². The van der Waals surface area contributed by atoms with E-state index in [9.17, 15) is 4.79 Å². The fourth-order valence-corrected chi connectivity index (χ4v) is 3.04. The summed E-state index contributed by atoms with van der Waals surface area (Å²) in [6.07, 6.45) is 4.46. The number of carbonyl (C=O) groups is 1. The van der Waals surface area contributed by atoms with E-state index in [1.165, 1.54) is 6.08 Å². The molecule has 22 heavy (non-hydrogen) atoms. The molecule has 0 spiro atoms. The van der Waals surface area contributed by atoms with Crippen LogP contribution in [0.3, 0.4) is 0 Å². The fourth-order valence-electron chi connectivity index (χ4n) is 2.01. The third kappa shape index (κ3) is 3.85. The largest absolute Gasteiger partial charge is 0.478 e. The van der Waals surface area contributed by atoms with Crippen LogP contribution in [0.15, 0.2) is 29.2 Å². The molecule has 1 aromatic heterocycles. The third-order valence-electron chi connectivity index (χ3n) is 3.13. The monoisotopic (exact) mass is 356 g/mol. The number of aryl methyl sites for hydroxylation is 1. The maximum Gasteiger partial charge on any atom is 0.328 e. The summed E-state index contributed by atoms with van der Waals surface area (Å²) in [5, 5.41) is 9.70. The number of imidazole rings is 1. The number of halogens is 2. The number of carboxylic acids is 1. The predicted octanol–water partition coefficient (Wildman–Crippen LogP) is 4.37. The summed E-state index contributed by atoms with van der Waals surface area (Å²) in [7, 11) is 0. The molecule has 1 heterocycles. The van der Waals surface area contributed by atoms with E-state index in [2.05, 4.69) is 4.98 Å². The summed E-state index contributed by atoms with van der Waals surface area (Å²) in [4.78, 5) is 16.0. The molecule has 0 unspecified atom stereocenters. The first-order valence-corrected chi connectivity index (χ1v) is 8.36. The fraction of sp³-hybridized carbons (Fsp3) is 0.200. The number of aliphatic carboxylic acids is 1. The molecule has 0 aliphatic rings. The number of benzene rings is 1. The molecule has 2 rings (SSSR count). The minimum absolute atomic E-state index is 0.270. The van der Waals surface area contributed by atoms with Crippen LogP contribution in [0.1, 0.15) is 17.1 Å². The highest BCUT2D eigenvalue weighted by Gasteiger charge is 2.13. The van der Waals surface area contributed by atoms with E-state index < -0.39 is 5.97 Å². The lowest BCUT2D eigenvalue weighted by Gasteiger charge is -2.11. The molecule has 0 fully saturated rings. The normalized spacial score (nSPS) is 11.3. The van der Waals surface area contributed by atoms with E-state index in [1.807, 2.05) is 35.9 Å². The molecule has 1 aromatic carbocycles. The van der Waals surface area contributed by atoms with Crippen molar-refractivity contribution in [1.29, 1.82) is 0 Å². The first kappa shape index (κ1) is 16.9. The van der Waals surface area contributed by atoms with E-state index in [4.69, 9.17) is 28.3 Å². The van der Waals surface area contributed by atoms with Crippen molar-refractivity contribution in [1.82, 2.24) is 9.55 Å². The van der Waals surface area contributed by atoms with Gasteiger partial charge in [-0.1, -0.05) is 29.3 Å². The lowest BCUT2D eigenvalue weighted by atomic mass is 10.2. The summed E-state index contributed by atoms with van der Waals surface area (Å²) in [6.45, 7) is 2.28.